The Morgan fingerprint density at radius 1 is 1.52 bits per heavy atom. The van der Waals surface area contributed by atoms with Crippen molar-refractivity contribution in [2.24, 2.45) is 7.05 Å². The lowest BCUT2D eigenvalue weighted by Gasteiger charge is -2.08. The molecule has 0 aliphatic heterocycles. The van der Waals surface area contributed by atoms with E-state index in [1.54, 1.807) is 0 Å². The number of nitro groups is 1. The summed E-state index contributed by atoms with van der Waals surface area (Å²) in [4.78, 5) is 21.6. The van der Waals surface area contributed by atoms with Crippen molar-refractivity contribution in [2.45, 2.75) is 6.92 Å². The van der Waals surface area contributed by atoms with Crippen LogP contribution in [-0.4, -0.2) is 25.8 Å². The molecule has 0 unspecified atom stereocenters. The van der Waals surface area contributed by atoms with Crippen molar-refractivity contribution in [3.63, 3.8) is 0 Å². The number of ether oxygens (including phenoxy) is 1. The number of aryl methyl sites for hydroxylation is 2. The second-order valence-corrected chi connectivity index (χ2v) is 4.60. The third-order valence-electron chi connectivity index (χ3n) is 2.70. The lowest BCUT2D eigenvalue weighted by Crippen LogP contribution is -2.03. The van der Waals surface area contributed by atoms with Gasteiger partial charge in [-0.3, -0.25) is 10.1 Å². The first-order valence-corrected chi connectivity index (χ1v) is 6.07. The molecular weight excluding hydrogens is 302 g/mol. The highest BCUT2D eigenvalue weighted by atomic mass is 35.5. The first-order chi connectivity index (χ1) is 9.81. The van der Waals surface area contributed by atoms with E-state index in [0.717, 1.165) is 0 Å². The van der Waals surface area contributed by atoms with E-state index in [1.165, 1.54) is 36.9 Å². The summed E-state index contributed by atoms with van der Waals surface area (Å²) in [5, 5.41) is 24.3. The molecule has 0 radical (unpaired) electrons. The van der Waals surface area contributed by atoms with Gasteiger partial charge in [-0.1, -0.05) is 11.6 Å². The quantitative estimate of drug-likeness (QED) is 0.687. The molecule has 110 valence electrons. The van der Waals surface area contributed by atoms with Crippen LogP contribution < -0.4 is 4.74 Å². The van der Waals surface area contributed by atoms with Crippen LogP contribution in [0.4, 0.5) is 5.69 Å². The van der Waals surface area contributed by atoms with Crippen molar-refractivity contribution in [1.82, 2.24) is 9.78 Å². The van der Waals surface area contributed by atoms with Gasteiger partial charge in [0.15, 0.2) is 0 Å². The van der Waals surface area contributed by atoms with Crippen LogP contribution in [0.2, 0.25) is 5.02 Å². The number of nitrogens with zero attached hydrogens (tertiary/aromatic N) is 3. The molecule has 0 bridgehead atoms. The van der Waals surface area contributed by atoms with Crippen molar-refractivity contribution in [3.05, 3.63) is 44.6 Å². The Kier molecular flexibility index (Phi) is 3.81. The molecule has 1 N–H and O–H groups in total. The number of carbonyl (C=O) groups is 1. The van der Waals surface area contributed by atoms with Gasteiger partial charge < -0.3 is 9.84 Å². The van der Waals surface area contributed by atoms with Crippen LogP contribution in [-0.2, 0) is 7.05 Å². The topological polar surface area (TPSA) is 107 Å². The number of carboxylic acids is 1. The summed E-state index contributed by atoms with van der Waals surface area (Å²) in [6, 6.07) is 3.92. The van der Waals surface area contributed by atoms with E-state index in [-0.39, 0.29) is 33.6 Å². The molecule has 0 saturated heterocycles. The van der Waals surface area contributed by atoms with Gasteiger partial charge in [-0.15, -0.1) is 0 Å². The number of hydrogen-bond acceptors (Lipinski definition) is 5. The molecule has 0 aliphatic rings. The summed E-state index contributed by atoms with van der Waals surface area (Å²) >= 11 is 5.81. The predicted octanol–water partition coefficient (Wildman–Crippen LogP) is 2.78. The molecule has 0 spiro atoms. The maximum Gasteiger partial charge on any atom is 0.353 e. The molecule has 8 nitrogen and oxygen atoms in total. The Labute approximate surface area is 123 Å². The van der Waals surface area contributed by atoms with Crippen molar-refractivity contribution >= 4 is 23.3 Å². The van der Waals surface area contributed by atoms with Gasteiger partial charge in [0.1, 0.15) is 17.0 Å². The number of aromatic nitrogens is 2. The van der Waals surface area contributed by atoms with Crippen LogP contribution >= 0.6 is 11.6 Å². The summed E-state index contributed by atoms with van der Waals surface area (Å²) in [7, 11) is 1.46. The first kappa shape index (κ1) is 14.8. The Hall–Kier alpha value is -2.61. The molecule has 0 fully saturated rings. The Bertz CT molecular complexity index is 741. The number of benzene rings is 1. The van der Waals surface area contributed by atoms with E-state index in [4.69, 9.17) is 21.4 Å². The molecule has 1 aromatic heterocycles. The van der Waals surface area contributed by atoms with Crippen molar-refractivity contribution in [3.8, 4) is 11.6 Å². The summed E-state index contributed by atoms with van der Waals surface area (Å²) in [6.07, 6.45) is 0. The smallest absolute Gasteiger partial charge is 0.353 e. The molecule has 0 saturated carbocycles. The number of halogens is 1. The summed E-state index contributed by atoms with van der Waals surface area (Å²) in [6.45, 7) is 1.46. The standard InChI is InChI=1S/C12H10ClN3O5/c1-6-10(16(19)20)11(15(2)14-6)21-9-5-7(13)3-4-8(9)12(17)18/h3-5H,1-2H3,(H,17,18). The van der Waals surface area contributed by atoms with Gasteiger partial charge in [0.05, 0.1) is 4.92 Å². The van der Waals surface area contributed by atoms with Crippen molar-refractivity contribution in [1.29, 1.82) is 0 Å². The highest BCUT2D eigenvalue weighted by molar-refractivity contribution is 6.30. The van der Waals surface area contributed by atoms with Gasteiger partial charge in [-0.25, -0.2) is 9.48 Å². The number of rotatable bonds is 4. The zero-order valence-electron chi connectivity index (χ0n) is 11.0. The minimum Gasteiger partial charge on any atom is -0.478 e. The largest absolute Gasteiger partial charge is 0.478 e. The van der Waals surface area contributed by atoms with Crippen LogP contribution in [0.5, 0.6) is 11.6 Å². The van der Waals surface area contributed by atoms with Gasteiger partial charge in [-0.05, 0) is 19.1 Å². The van der Waals surface area contributed by atoms with Gasteiger partial charge in [0.25, 0.3) is 5.88 Å². The highest BCUT2D eigenvalue weighted by Gasteiger charge is 2.27. The van der Waals surface area contributed by atoms with E-state index < -0.39 is 10.9 Å². The second kappa shape index (κ2) is 5.41. The average Bonchev–Trinajstić information content (AvgIpc) is 2.63. The Balaban J connectivity index is 2.55. The molecule has 1 heterocycles. The van der Waals surface area contributed by atoms with E-state index in [0.29, 0.717) is 0 Å². The van der Waals surface area contributed by atoms with Crippen LogP contribution in [0.25, 0.3) is 0 Å². The van der Waals surface area contributed by atoms with Gasteiger partial charge in [-0.2, -0.15) is 5.10 Å². The molecule has 2 aromatic rings. The van der Waals surface area contributed by atoms with Gasteiger partial charge >= 0.3 is 11.7 Å². The van der Waals surface area contributed by atoms with Gasteiger partial charge in [0, 0.05) is 18.1 Å². The van der Waals surface area contributed by atoms with Crippen LogP contribution in [0.1, 0.15) is 16.1 Å². The number of hydrogen-bond donors (Lipinski definition) is 1. The van der Waals surface area contributed by atoms with Crippen LogP contribution in [0, 0.1) is 17.0 Å². The van der Waals surface area contributed by atoms with E-state index in [1.807, 2.05) is 0 Å². The van der Waals surface area contributed by atoms with Crippen LogP contribution in [0.15, 0.2) is 18.2 Å². The highest BCUT2D eigenvalue weighted by Crippen LogP contribution is 2.35. The normalized spacial score (nSPS) is 10.4. The third-order valence-corrected chi connectivity index (χ3v) is 2.94. The first-order valence-electron chi connectivity index (χ1n) is 5.70. The minimum absolute atomic E-state index is 0.0962. The predicted molar refractivity (Wildman–Crippen MR) is 73.1 cm³/mol. The van der Waals surface area contributed by atoms with E-state index >= 15 is 0 Å². The molecule has 2 rings (SSSR count). The second-order valence-electron chi connectivity index (χ2n) is 4.17. The van der Waals surface area contributed by atoms with E-state index in [2.05, 4.69) is 5.10 Å². The van der Waals surface area contributed by atoms with Crippen LogP contribution in [0.3, 0.4) is 0 Å². The minimum atomic E-state index is -1.23. The monoisotopic (exact) mass is 311 g/mol. The summed E-state index contributed by atoms with van der Waals surface area (Å²) in [5.41, 5.74) is -0.322. The Morgan fingerprint density at radius 2 is 2.19 bits per heavy atom. The number of aromatic carboxylic acids is 1. The fourth-order valence-corrected chi connectivity index (χ4v) is 1.97. The number of carboxylic acid groups (broad SMARTS) is 1. The van der Waals surface area contributed by atoms with E-state index in [9.17, 15) is 14.9 Å². The summed E-state index contributed by atoms with van der Waals surface area (Å²) in [5.74, 6) is -1.49. The fourth-order valence-electron chi connectivity index (χ4n) is 1.81. The molecule has 0 atom stereocenters. The SMILES string of the molecule is Cc1nn(C)c(Oc2cc(Cl)ccc2C(=O)O)c1[N+](=O)[O-]. The molecular formula is C12H10ClN3O5. The zero-order chi connectivity index (χ0) is 15.7. The van der Waals surface area contributed by atoms with Gasteiger partial charge in [0.2, 0.25) is 0 Å². The lowest BCUT2D eigenvalue weighted by atomic mass is 10.2. The lowest BCUT2D eigenvalue weighted by molar-refractivity contribution is -0.386. The third kappa shape index (κ3) is 2.79. The average molecular weight is 312 g/mol. The maximum atomic E-state index is 11.2. The molecule has 9 heteroatoms. The van der Waals surface area contributed by atoms with Crippen molar-refractivity contribution < 1.29 is 19.6 Å². The molecule has 0 aliphatic carbocycles. The Morgan fingerprint density at radius 3 is 2.76 bits per heavy atom. The fraction of sp³-hybridized carbons (Fsp3) is 0.167. The summed E-state index contributed by atoms with van der Waals surface area (Å²) < 4.78 is 6.56. The molecule has 0 amide bonds. The van der Waals surface area contributed by atoms with Crippen molar-refractivity contribution in [2.75, 3.05) is 0 Å². The molecule has 21 heavy (non-hydrogen) atoms. The molecule has 1 aromatic carbocycles. The maximum absolute atomic E-state index is 11.2. The zero-order valence-corrected chi connectivity index (χ0v) is 11.8.